The fraction of sp³-hybridized carbons (Fsp3) is 0.133. The van der Waals surface area contributed by atoms with Crippen LogP contribution in [-0.2, 0) is 6.54 Å². The monoisotopic (exact) mass is 237 g/mol. The van der Waals surface area contributed by atoms with Gasteiger partial charge in [-0.05, 0) is 30.7 Å². The Hall–Kier alpha value is -2.29. The number of hydrogen-bond donors (Lipinski definition) is 2. The van der Waals surface area contributed by atoms with E-state index in [1.165, 1.54) is 11.1 Å². The van der Waals surface area contributed by atoms with Crippen LogP contribution in [0.2, 0.25) is 0 Å². The van der Waals surface area contributed by atoms with Crippen molar-refractivity contribution < 1.29 is 0 Å². The van der Waals surface area contributed by atoms with E-state index in [9.17, 15) is 0 Å². The Morgan fingerprint density at radius 2 is 2.11 bits per heavy atom. The summed E-state index contributed by atoms with van der Waals surface area (Å²) in [5, 5.41) is 11.6. The molecule has 0 bridgehead atoms. The first-order valence-corrected chi connectivity index (χ1v) is 6.04. The van der Waals surface area contributed by atoms with Gasteiger partial charge in [0.1, 0.15) is 0 Å². The van der Waals surface area contributed by atoms with Gasteiger partial charge in [0.15, 0.2) is 0 Å². The minimum absolute atomic E-state index is 0.835. The van der Waals surface area contributed by atoms with Gasteiger partial charge in [-0.15, -0.1) is 0 Å². The largest absolute Gasteiger partial charge is 0.381 e. The van der Waals surface area contributed by atoms with Crippen LogP contribution in [0, 0.1) is 6.92 Å². The Morgan fingerprint density at radius 1 is 1.17 bits per heavy atom. The van der Waals surface area contributed by atoms with E-state index in [1.54, 1.807) is 0 Å². The highest BCUT2D eigenvalue weighted by molar-refractivity contribution is 5.81. The molecule has 3 heteroatoms. The highest BCUT2D eigenvalue weighted by atomic mass is 15.1. The quantitative estimate of drug-likeness (QED) is 0.732. The number of aromatic nitrogens is 2. The molecule has 2 N–H and O–H groups in total. The summed E-state index contributed by atoms with van der Waals surface area (Å²) in [5.41, 5.74) is 4.75. The lowest BCUT2D eigenvalue weighted by molar-refractivity contribution is 1.12. The molecule has 3 nitrogen and oxygen atoms in total. The highest BCUT2D eigenvalue weighted by Crippen LogP contribution is 2.17. The van der Waals surface area contributed by atoms with Crippen LogP contribution in [0.1, 0.15) is 11.1 Å². The van der Waals surface area contributed by atoms with E-state index in [-0.39, 0.29) is 0 Å². The van der Waals surface area contributed by atoms with Gasteiger partial charge in [0.25, 0.3) is 0 Å². The van der Waals surface area contributed by atoms with Gasteiger partial charge in [0, 0.05) is 17.6 Å². The molecule has 0 fully saturated rings. The van der Waals surface area contributed by atoms with Gasteiger partial charge in [0.05, 0.1) is 11.7 Å². The van der Waals surface area contributed by atoms with Gasteiger partial charge in [-0.25, -0.2) is 0 Å². The highest BCUT2D eigenvalue weighted by Gasteiger charge is 1.98. The van der Waals surface area contributed by atoms with E-state index in [0.717, 1.165) is 23.1 Å². The standard InChI is InChI=1S/C15H15N3/c1-11-3-2-4-12(7-11)9-16-14-6-5-13-10-17-18-15(13)8-14/h2-8,10,16H,9H2,1H3,(H,17,18). The SMILES string of the molecule is Cc1cccc(CNc2ccc3cn[nH]c3c2)c1. The second kappa shape index (κ2) is 4.53. The number of fused-ring (bicyclic) bond motifs is 1. The zero-order valence-electron chi connectivity index (χ0n) is 10.3. The summed E-state index contributed by atoms with van der Waals surface area (Å²) >= 11 is 0. The molecule has 0 saturated carbocycles. The lowest BCUT2D eigenvalue weighted by atomic mass is 10.1. The molecular formula is C15H15N3. The Kier molecular flexibility index (Phi) is 2.73. The summed E-state index contributed by atoms with van der Waals surface area (Å²) in [7, 11) is 0. The zero-order valence-corrected chi connectivity index (χ0v) is 10.3. The number of benzene rings is 2. The number of anilines is 1. The van der Waals surface area contributed by atoms with Crippen LogP contribution in [0.4, 0.5) is 5.69 Å². The number of hydrogen-bond acceptors (Lipinski definition) is 2. The molecule has 0 aliphatic rings. The summed E-state index contributed by atoms with van der Waals surface area (Å²) in [6, 6.07) is 14.8. The van der Waals surface area contributed by atoms with E-state index in [2.05, 4.69) is 64.9 Å². The van der Waals surface area contributed by atoms with E-state index in [1.807, 2.05) is 6.20 Å². The molecule has 90 valence electrons. The lowest BCUT2D eigenvalue weighted by Gasteiger charge is -2.07. The Labute approximate surface area is 106 Å². The smallest absolute Gasteiger partial charge is 0.0670 e. The molecule has 0 saturated heterocycles. The maximum Gasteiger partial charge on any atom is 0.0670 e. The van der Waals surface area contributed by atoms with Gasteiger partial charge in [-0.3, -0.25) is 5.10 Å². The fourth-order valence-corrected chi connectivity index (χ4v) is 2.07. The van der Waals surface area contributed by atoms with Crippen molar-refractivity contribution in [3.63, 3.8) is 0 Å². The van der Waals surface area contributed by atoms with Crippen molar-refractivity contribution >= 4 is 16.6 Å². The molecule has 0 unspecified atom stereocenters. The number of nitrogens with zero attached hydrogens (tertiary/aromatic N) is 1. The van der Waals surface area contributed by atoms with Gasteiger partial charge in [0.2, 0.25) is 0 Å². The zero-order chi connectivity index (χ0) is 12.4. The third kappa shape index (κ3) is 2.20. The van der Waals surface area contributed by atoms with Gasteiger partial charge >= 0.3 is 0 Å². The number of rotatable bonds is 3. The predicted molar refractivity (Wildman–Crippen MR) is 74.6 cm³/mol. The molecule has 3 rings (SSSR count). The first kappa shape index (κ1) is 10.8. The average Bonchev–Trinajstić information content (AvgIpc) is 2.84. The van der Waals surface area contributed by atoms with E-state index in [4.69, 9.17) is 0 Å². The number of aromatic amines is 1. The van der Waals surface area contributed by atoms with E-state index >= 15 is 0 Å². The predicted octanol–water partition coefficient (Wildman–Crippen LogP) is 3.48. The molecule has 0 spiro atoms. The molecule has 0 aliphatic carbocycles. The van der Waals surface area contributed by atoms with Gasteiger partial charge < -0.3 is 5.32 Å². The van der Waals surface area contributed by atoms with Crippen LogP contribution in [0.3, 0.4) is 0 Å². The summed E-state index contributed by atoms with van der Waals surface area (Å²) < 4.78 is 0. The van der Waals surface area contributed by atoms with Crippen molar-refractivity contribution in [2.45, 2.75) is 13.5 Å². The first-order chi connectivity index (χ1) is 8.81. The summed E-state index contributed by atoms with van der Waals surface area (Å²) in [4.78, 5) is 0. The molecule has 18 heavy (non-hydrogen) atoms. The molecule has 3 aromatic rings. The van der Waals surface area contributed by atoms with Crippen LogP contribution in [-0.4, -0.2) is 10.2 Å². The van der Waals surface area contributed by atoms with E-state index in [0.29, 0.717) is 0 Å². The minimum Gasteiger partial charge on any atom is -0.381 e. The topological polar surface area (TPSA) is 40.7 Å². The fourth-order valence-electron chi connectivity index (χ4n) is 2.07. The lowest BCUT2D eigenvalue weighted by Crippen LogP contribution is -1.99. The number of nitrogens with one attached hydrogen (secondary N) is 2. The normalized spacial score (nSPS) is 10.7. The summed E-state index contributed by atoms with van der Waals surface area (Å²) in [6.45, 7) is 2.95. The third-order valence-electron chi connectivity index (χ3n) is 3.02. The van der Waals surface area contributed by atoms with Crippen molar-refractivity contribution in [2.24, 2.45) is 0 Å². The Bertz CT molecular complexity index is 670. The van der Waals surface area contributed by atoms with Crippen LogP contribution in [0.25, 0.3) is 10.9 Å². The van der Waals surface area contributed by atoms with Crippen LogP contribution < -0.4 is 5.32 Å². The molecule has 0 atom stereocenters. The van der Waals surface area contributed by atoms with Crippen LogP contribution >= 0.6 is 0 Å². The molecule has 2 aromatic carbocycles. The second-order valence-corrected chi connectivity index (χ2v) is 4.51. The summed E-state index contributed by atoms with van der Waals surface area (Å²) in [6.07, 6.45) is 1.83. The maximum absolute atomic E-state index is 4.02. The average molecular weight is 237 g/mol. The number of aryl methyl sites for hydroxylation is 1. The second-order valence-electron chi connectivity index (χ2n) is 4.51. The third-order valence-corrected chi connectivity index (χ3v) is 3.02. The van der Waals surface area contributed by atoms with Crippen molar-refractivity contribution in [3.8, 4) is 0 Å². The van der Waals surface area contributed by atoms with Crippen molar-refractivity contribution in [2.75, 3.05) is 5.32 Å². The van der Waals surface area contributed by atoms with Crippen LogP contribution in [0.15, 0.2) is 48.7 Å². The van der Waals surface area contributed by atoms with Gasteiger partial charge in [-0.1, -0.05) is 29.8 Å². The molecule has 1 aromatic heterocycles. The molecule has 1 heterocycles. The summed E-state index contributed by atoms with van der Waals surface area (Å²) in [5.74, 6) is 0. The maximum atomic E-state index is 4.02. The van der Waals surface area contributed by atoms with E-state index < -0.39 is 0 Å². The molecule has 0 radical (unpaired) electrons. The first-order valence-electron chi connectivity index (χ1n) is 6.04. The van der Waals surface area contributed by atoms with Crippen LogP contribution in [0.5, 0.6) is 0 Å². The van der Waals surface area contributed by atoms with Gasteiger partial charge in [-0.2, -0.15) is 5.10 Å². The molecule has 0 amide bonds. The van der Waals surface area contributed by atoms with Crippen molar-refractivity contribution in [1.82, 2.24) is 10.2 Å². The number of H-pyrrole nitrogens is 1. The van der Waals surface area contributed by atoms with Crippen molar-refractivity contribution in [1.29, 1.82) is 0 Å². The molecular weight excluding hydrogens is 222 g/mol. The van der Waals surface area contributed by atoms with Crippen molar-refractivity contribution in [3.05, 3.63) is 59.8 Å². The minimum atomic E-state index is 0.835. The Balaban J connectivity index is 1.76. The molecule has 0 aliphatic heterocycles. The Morgan fingerprint density at radius 3 is 3.00 bits per heavy atom.